The Morgan fingerprint density at radius 1 is 1.30 bits per heavy atom. The van der Waals surface area contributed by atoms with Crippen LogP contribution in [0.1, 0.15) is 30.0 Å². The maximum Gasteiger partial charge on any atom is 0.252 e. The third kappa shape index (κ3) is 4.01. The fourth-order valence-corrected chi connectivity index (χ4v) is 7.68. The molecule has 7 nitrogen and oxygen atoms in total. The van der Waals surface area contributed by atoms with E-state index >= 15 is 0 Å². The summed E-state index contributed by atoms with van der Waals surface area (Å²) in [5.41, 5.74) is 2.88. The number of sulfonamides is 1. The number of nitrogens with one attached hydrogen (secondary N) is 1. The van der Waals surface area contributed by atoms with Gasteiger partial charge in [-0.15, -0.1) is 23.1 Å². The molecule has 1 atom stereocenters. The first-order chi connectivity index (χ1) is 14.3. The summed E-state index contributed by atoms with van der Waals surface area (Å²) in [4.78, 5) is 26.8. The second kappa shape index (κ2) is 8.33. The number of hydrogen-bond acceptors (Lipinski definition) is 6. The second-order valence-corrected chi connectivity index (χ2v) is 12.2. The van der Waals surface area contributed by atoms with Gasteiger partial charge in [-0.1, -0.05) is 24.3 Å². The number of aryl methyl sites for hydroxylation is 1. The first kappa shape index (κ1) is 21.4. The molecule has 0 unspecified atom stereocenters. The van der Waals surface area contributed by atoms with E-state index in [0.29, 0.717) is 5.69 Å². The number of hydrogen-bond donors (Lipinski definition) is 1. The van der Waals surface area contributed by atoms with Crippen LogP contribution in [0.3, 0.4) is 0 Å². The highest BCUT2D eigenvalue weighted by Crippen LogP contribution is 2.44. The first-order valence-corrected chi connectivity index (χ1v) is 12.9. The van der Waals surface area contributed by atoms with Gasteiger partial charge < -0.3 is 10.2 Å². The van der Waals surface area contributed by atoms with E-state index in [0.717, 1.165) is 44.7 Å². The number of thioether (sulfide) groups is 1. The maximum absolute atomic E-state index is 12.8. The maximum atomic E-state index is 12.8. The van der Waals surface area contributed by atoms with Gasteiger partial charge in [0.2, 0.25) is 11.8 Å². The van der Waals surface area contributed by atoms with Gasteiger partial charge in [-0.25, -0.2) is 12.7 Å². The van der Waals surface area contributed by atoms with E-state index < -0.39 is 10.0 Å². The predicted octanol–water partition coefficient (Wildman–Crippen LogP) is 2.63. The fourth-order valence-electron chi connectivity index (χ4n) is 3.74. The Bertz CT molecular complexity index is 1090. The molecule has 1 aromatic heterocycles. The molecule has 2 aromatic rings. The Hall–Kier alpha value is -1.88. The van der Waals surface area contributed by atoms with Gasteiger partial charge in [-0.3, -0.25) is 9.59 Å². The molecule has 30 heavy (non-hydrogen) atoms. The number of thiophene rings is 1. The Morgan fingerprint density at radius 2 is 2.07 bits per heavy atom. The van der Waals surface area contributed by atoms with Crippen molar-refractivity contribution in [2.45, 2.75) is 33.7 Å². The van der Waals surface area contributed by atoms with Crippen LogP contribution in [0.15, 0.2) is 38.8 Å². The summed E-state index contributed by atoms with van der Waals surface area (Å²) in [6, 6.07) is 9.54. The number of benzene rings is 1. The van der Waals surface area contributed by atoms with E-state index in [-0.39, 0.29) is 34.4 Å². The molecule has 2 heterocycles. The zero-order chi connectivity index (χ0) is 21.5. The molecule has 10 heteroatoms. The summed E-state index contributed by atoms with van der Waals surface area (Å²) in [6.45, 7) is -0.122. The highest BCUT2D eigenvalue weighted by molar-refractivity contribution is 8.02. The molecule has 0 bridgehead atoms. The number of amides is 2. The van der Waals surface area contributed by atoms with E-state index in [1.165, 1.54) is 42.4 Å². The summed E-state index contributed by atoms with van der Waals surface area (Å²) in [5, 5.41) is 3.07. The smallest absolute Gasteiger partial charge is 0.252 e. The van der Waals surface area contributed by atoms with Gasteiger partial charge in [0.1, 0.15) is 10.8 Å². The lowest BCUT2D eigenvalue weighted by Crippen LogP contribution is -2.44. The van der Waals surface area contributed by atoms with Gasteiger partial charge in [0, 0.05) is 14.1 Å². The fraction of sp³-hybridized carbons (Fsp3) is 0.400. The number of carbonyl (C=O) groups is 2. The lowest BCUT2D eigenvalue weighted by Gasteiger charge is -2.29. The molecule has 0 saturated heterocycles. The molecule has 0 radical (unpaired) electrons. The average Bonchev–Trinajstić information content (AvgIpc) is 3.16. The van der Waals surface area contributed by atoms with Crippen molar-refractivity contribution in [3.63, 3.8) is 0 Å². The summed E-state index contributed by atoms with van der Waals surface area (Å²) >= 11 is 2.45. The zero-order valence-corrected chi connectivity index (χ0v) is 19.2. The Balaban J connectivity index is 1.54. The molecule has 2 aliphatic rings. The van der Waals surface area contributed by atoms with Gasteiger partial charge in [-0.2, -0.15) is 0 Å². The van der Waals surface area contributed by atoms with Crippen LogP contribution in [0, 0.1) is 0 Å². The topological polar surface area (TPSA) is 86.8 Å². The predicted molar refractivity (Wildman–Crippen MR) is 119 cm³/mol. The van der Waals surface area contributed by atoms with Gasteiger partial charge in [-0.05, 0) is 36.5 Å². The summed E-state index contributed by atoms with van der Waals surface area (Å²) < 4.78 is 27.0. The van der Waals surface area contributed by atoms with Crippen molar-refractivity contribution in [1.29, 1.82) is 0 Å². The second-order valence-electron chi connectivity index (χ2n) is 7.51. The minimum Gasteiger partial charge on any atom is -0.348 e. The Kier molecular flexibility index (Phi) is 5.93. The molecule has 1 aliphatic carbocycles. The summed E-state index contributed by atoms with van der Waals surface area (Å²) in [6.07, 6.45) is 2.87. The van der Waals surface area contributed by atoms with Crippen molar-refractivity contribution in [3.8, 4) is 0 Å². The highest BCUT2D eigenvalue weighted by atomic mass is 32.3. The standard InChI is InChI=1S/C20H23N3O4S3/c1-22(2)30(26,27)19-10-16-20(29-19)28-12-18(25)23(16)11-17(24)21-15-9-5-7-13-6-3-4-8-14(13)15/h3-4,6,8,10,15H,5,7,9,11-12H2,1-2H3,(H,21,24)/t15-/m1/s1. The van der Waals surface area contributed by atoms with Crippen molar-refractivity contribution in [2.75, 3.05) is 31.3 Å². The minimum absolute atomic E-state index is 0.0663. The van der Waals surface area contributed by atoms with Crippen LogP contribution in [0.5, 0.6) is 0 Å². The third-order valence-corrected chi connectivity index (χ3v) is 9.97. The quantitative estimate of drug-likeness (QED) is 0.734. The van der Waals surface area contributed by atoms with E-state index in [1.54, 1.807) is 0 Å². The molecular weight excluding hydrogens is 442 g/mol. The van der Waals surface area contributed by atoms with E-state index in [1.807, 2.05) is 18.2 Å². The van der Waals surface area contributed by atoms with Crippen molar-refractivity contribution in [2.24, 2.45) is 0 Å². The van der Waals surface area contributed by atoms with Crippen LogP contribution in [-0.2, 0) is 26.0 Å². The monoisotopic (exact) mass is 465 g/mol. The molecule has 1 N–H and O–H groups in total. The molecule has 2 amide bonds. The van der Waals surface area contributed by atoms with Gasteiger partial charge in [0.05, 0.1) is 21.7 Å². The molecule has 1 aliphatic heterocycles. The number of rotatable bonds is 5. The summed E-state index contributed by atoms with van der Waals surface area (Å²) in [5.74, 6) is -0.251. The van der Waals surface area contributed by atoms with Gasteiger partial charge in [0.15, 0.2) is 0 Å². The van der Waals surface area contributed by atoms with Gasteiger partial charge in [0.25, 0.3) is 10.0 Å². The number of carbonyl (C=O) groups excluding carboxylic acids is 2. The van der Waals surface area contributed by atoms with Crippen molar-refractivity contribution >= 4 is 50.6 Å². The van der Waals surface area contributed by atoms with Crippen LogP contribution in [0.2, 0.25) is 0 Å². The minimum atomic E-state index is -3.60. The number of anilines is 1. The summed E-state index contributed by atoms with van der Waals surface area (Å²) in [7, 11) is -0.653. The lowest BCUT2D eigenvalue weighted by atomic mass is 9.88. The average molecular weight is 466 g/mol. The number of nitrogens with zero attached hydrogens (tertiary/aromatic N) is 2. The van der Waals surface area contributed by atoms with Crippen molar-refractivity contribution < 1.29 is 18.0 Å². The zero-order valence-electron chi connectivity index (χ0n) is 16.8. The van der Waals surface area contributed by atoms with Crippen LogP contribution >= 0.6 is 23.1 Å². The molecule has 0 saturated carbocycles. The van der Waals surface area contributed by atoms with Crippen LogP contribution in [0.25, 0.3) is 0 Å². The third-order valence-electron chi connectivity index (χ3n) is 5.32. The SMILES string of the molecule is CN(C)S(=O)(=O)c1cc2c(s1)SCC(=O)N2CC(=O)N[C@@H]1CCCc2ccccc21. The van der Waals surface area contributed by atoms with Crippen LogP contribution < -0.4 is 10.2 Å². The van der Waals surface area contributed by atoms with Gasteiger partial charge >= 0.3 is 0 Å². The lowest BCUT2D eigenvalue weighted by molar-refractivity contribution is -0.123. The number of fused-ring (bicyclic) bond motifs is 2. The molecular formula is C20H23N3O4S3. The molecule has 1 aromatic carbocycles. The Labute approximate surface area is 184 Å². The molecule has 0 fully saturated rings. The van der Waals surface area contributed by atoms with Crippen molar-refractivity contribution in [3.05, 3.63) is 41.5 Å². The van der Waals surface area contributed by atoms with E-state index in [2.05, 4.69) is 11.4 Å². The van der Waals surface area contributed by atoms with Crippen LogP contribution in [-0.4, -0.2) is 50.9 Å². The normalized spacial score (nSPS) is 18.8. The molecule has 4 rings (SSSR count). The highest BCUT2D eigenvalue weighted by Gasteiger charge is 2.32. The van der Waals surface area contributed by atoms with E-state index in [9.17, 15) is 18.0 Å². The van der Waals surface area contributed by atoms with E-state index in [4.69, 9.17) is 0 Å². The first-order valence-electron chi connectivity index (χ1n) is 9.64. The molecule has 160 valence electrons. The van der Waals surface area contributed by atoms with Crippen LogP contribution in [0.4, 0.5) is 5.69 Å². The molecule has 0 spiro atoms. The van der Waals surface area contributed by atoms with Crippen molar-refractivity contribution in [1.82, 2.24) is 9.62 Å². The Morgan fingerprint density at radius 3 is 2.83 bits per heavy atom. The largest absolute Gasteiger partial charge is 0.348 e.